The molecule has 104 valence electrons. The van der Waals surface area contributed by atoms with E-state index in [9.17, 15) is 4.79 Å². The summed E-state index contributed by atoms with van der Waals surface area (Å²) in [5.41, 5.74) is 0.995. The second-order valence-corrected chi connectivity index (χ2v) is 6.08. The molecular weight excluding hydrogens is 246 g/mol. The Bertz CT molecular complexity index is 525. The summed E-state index contributed by atoms with van der Waals surface area (Å²) < 4.78 is 0. The van der Waals surface area contributed by atoms with Gasteiger partial charge in [-0.1, -0.05) is 36.5 Å². The van der Waals surface area contributed by atoms with E-state index in [1.807, 2.05) is 30.3 Å². The SMILES string of the molecule is O=C(CC1CC2CCC1C2)NCC#Cc1ccccc1. The number of hydrogen-bond donors (Lipinski definition) is 1. The van der Waals surface area contributed by atoms with Gasteiger partial charge in [0.05, 0.1) is 6.54 Å². The van der Waals surface area contributed by atoms with Crippen LogP contribution in [0.15, 0.2) is 30.3 Å². The summed E-state index contributed by atoms with van der Waals surface area (Å²) in [6.07, 6.45) is 6.08. The molecule has 0 heterocycles. The molecule has 2 bridgehead atoms. The van der Waals surface area contributed by atoms with E-state index in [1.54, 1.807) is 0 Å². The minimum absolute atomic E-state index is 0.171. The normalized spacial score (nSPS) is 26.9. The van der Waals surface area contributed by atoms with Gasteiger partial charge in [-0.25, -0.2) is 0 Å². The lowest BCUT2D eigenvalue weighted by Gasteiger charge is -2.20. The molecule has 0 saturated heterocycles. The fourth-order valence-electron chi connectivity index (χ4n) is 3.75. The quantitative estimate of drug-likeness (QED) is 0.838. The lowest BCUT2D eigenvalue weighted by atomic mass is 9.86. The van der Waals surface area contributed by atoms with E-state index in [1.165, 1.54) is 25.7 Å². The smallest absolute Gasteiger partial charge is 0.221 e. The topological polar surface area (TPSA) is 29.1 Å². The number of fused-ring (bicyclic) bond motifs is 2. The zero-order valence-electron chi connectivity index (χ0n) is 11.8. The Hall–Kier alpha value is -1.75. The summed E-state index contributed by atoms with van der Waals surface area (Å²) in [5.74, 6) is 8.60. The molecule has 0 spiro atoms. The van der Waals surface area contributed by atoms with Gasteiger partial charge in [-0.05, 0) is 49.1 Å². The first kappa shape index (κ1) is 13.2. The van der Waals surface area contributed by atoms with Crippen LogP contribution in [0.5, 0.6) is 0 Å². The van der Waals surface area contributed by atoms with Crippen LogP contribution in [0, 0.1) is 29.6 Å². The fourth-order valence-corrected chi connectivity index (χ4v) is 3.75. The second-order valence-electron chi connectivity index (χ2n) is 6.08. The molecule has 1 amide bonds. The first-order valence-corrected chi connectivity index (χ1v) is 7.62. The van der Waals surface area contributed by atoms with Gasteiger partial charge in [0.15, 0.2) is 0 Å². The van der Waals surface area contributed by atoms with E-state index in [4.69, 9.17) is 0 Å². The lowest BCUT2D eigenvalue weighted by Crippen LogP contribution is -2.27. The van der Waals surface area contributed by atoms with Crippen LogP contribution < -0.4 is 5.32 Å². The Morgan fingerprint density at radius 1 is 1.20 bits per heavy atom. The molecule has 1 aromatic carbocycles. The van der Waals surface area contributed by atoms with Gasteiger partial charge in [0.1, 0.15) is 0 Å². The summed E-state index contributed by atoms with van der Waals surface area (Å²) in [7, 11) is 0. The third-order valence-electron chi connectivity index (χ3n) is 4.71. The Morgan fingerprint density at radius 2 is 2.05 bits per heavy atom. The molecule has 1 aromatic rings. The van der Waals surface area contributed by atoms with Gasteiger partial charge in [-0.15, -0.1) is 0 Å². The van der Waals surface area contributed by atoms with Crippen LogP contribution in [0.25, 0.3) is 0 Å². The molecule has 2 fully saturated rings. The van der Waals surface area contributed by atoms with Gasteiger partial charge < -0.3 is 5.32 Å². The van der Waals surface area contributed by atoms with E-state index in [0.717, 1.165) is 17.4 Å². The molecule has 2 aliphatic carbocycles. The third-order valence-corrected chi connectivity index (χ3v) is 4.71. The molecule has 0 aliphatic heterocycles. The zero-order chi connectivity index (χ0) is 13.8. The maximum atomic E-state index is 11.9. The molecule has 3 rings (SSSR count). The number of hydrogen-bond acceptors (Lipinski definition) is 1. The summed E-state index contributed by atoms with van der Waals surface area (Å²) in [4.78, 5) is 11.9. The highest BCUT2D eigenvalue weighted by Gasteiger charge is 2.39. The van der Waals surface area contributed by atoms with Crippen molar-refractivity contribution in [3.63, 3.8) is 0 Å². The van der Waals surface area contributed by atoms with Gasteiger partial charge in [0.25, 0.3) is 0 Å². The Morgan fingerprint density at radius 3 is 2.75 bits per heavy atom. The van der Waals surface area contributed by atoms with Crippen LogP contribution in [0.1, 0.15) is 37.7 Å². The van der Waals surface area contributed by atoms with Gasteiger partial charge in [0.2, 0.25) is 5.91 Å². The van der Waals surface area contributed by atoms with E-state index >= 15 is 0 Å². The standard InChI is InChI=1S/C18H21NO/c20-18(13-17-12-15-8-9-16(17)11-15)19-10-4-7-14-5-2-1-3-6-14/h1-3,5-6,15-17H,8-13H2,(H,19,20). The predicted octanol–water partition coefficient (Wildman–Crippen LogP) is 2.98. The van der Waals surface area contributed by atoms with Crippen LogP contribution in [0.2, 0.25) is 0 Å². The number of benzene rings is 1. The maximum Gasteiger partial charge on any atom is 0.221 e. The van der Waals surface area contributed by atoms with Crippen molar-refractivity contribution in [3.8, 4) is 11.8 Å². The summed E-state index contributed by atoms with van der Waals surface area (Å²) in [5, 5.41) is 2.93. The molecule has 3 unspecified atom stereocenters. The van der Waals surface area contributed by atoms with Crippen molar-refractivity contribution < 1.29 is 4.79 Å². The molecule has 0 radical (unpaired) electrons. The van der Waals surface area contributed by atoms with E-state index in [2.05, 4.69) is 17.2 Å². The summed E-state index contributed by atoms with van der Waals surface area (Å²) in [6, 6.07) is 9.87. The van der Waals surface area contributed by atoms with Crippen LogP contribution in [0.3, 0.4) is 0 Å². The van der Waals surface area contributed by atoms with Crippen LogP contribution in [-0.4, -0.2) is 12.5 Å². The monoisotopic (exact) mass is 267 g/mol. The van der Waals surface area contributed by atoms with E-state index < -0.39 is 0 Å². The highest BCUT2D eigenvalue weighted by atomic mass is 16.1. The molecule has 1 N–H and O–H groups in total. The van der Waals surface area contributed by atoms with E-state index in [0.29, 0.717) is 18.9 Å². The molecule has 2 saturated carbocycles. The Kier molecular flexibility index (Phi) is 4.06. The molecule has 0 aromatic heterocycles. The van der Waals surface area contributed by atoms with E-state index in [-0.39, 0.29) is 5.91 Å². The molecule has 20 heavy (non-hydrogen) atoms. The Balaban J connectivity index is 1.41. The summed E-state index contributed by atoms with van der Waals surface area (Å²) >= 11 is 0. The van der Waals surface area contributed by atoms with Crippen LogP contribution in [0.4, 0.5) is 0 Å². The average molecular weight is 267 g/mol. The van der Waals surface area contributed by atoms with Crippen molar-refractivity contribution in [2.75, 3.05) is 6.54 Å². The fraction of sp³-hybridized carbons (Fsp3) is 0.500. The predicted molar refractivity (Wildman–Crippen MR) is 79.9 cm³/mol. The molecule has 3 atom stereocenters. The first-order valence-electron chi connectivity index (χ1n) is 7.62. The molecule has 2 aliphatic rings. The molecular formula is C18H21NO. The Labute approximate surface area is 121 Å². The zero-order valence-corrected chi connectivity index (χ0v) is 11.8. The largest absolute Gasteiger partial charge is 0.345 e. The highest BCUT2D eigenvalue weighted by molar-refractivity contribution is 5.76. The molecule has 2 nitrogen and oxygen atoms in total. The van der Waals surface area contributed by atoms with Crippen molar-refractivity contribution in [1.82, 2.24) is 5.32 Å². The van der Waals surface area contributed by atoms with Crippen molar-refractivity contribution in [2.24, 2.45) is 17.8 Å². The molecule has 2 heteroatoms. The van der Waals surface area contributed by atoms with Gasteiger partial charge in [-0.3, -0.25) is 4.79 Å². The summed E-state index contributed by atoms with van der Waals surface area (Å²) in [6.45, 7) is 0.453. The van der Waals surface area contributed by atoms with Crippen LogP contribution >= 0.6 is 0 Å². The van der Waals surface area contributed by atoms with Crippen molar-refractivity contribution in [1.29, 1.82) is 0 Å². The minimum atomic E-state index is 0.171. The maximum absolute atomic E-state index is 11.9. The number of amides is 1. The van der Waals surface area contributed by atoms with Crippen LogP contribution in [-0.2, 0) is 4.79 Å². The highest BCUT2D eigenvalue weighted by Crippen LogP contribution is 2.49. The minimum Gasteiger partial charge on any atom is -0.345 e. The lowest BCUT2D eigenvalue weighted by molar-refractivity contribution is -0.122. The van der Waals surface area contributed by atoms with Gasteiger partial charge in [0, 0.05) is 12.0 Å². The first-order chi connectivity index (χ1) is 9.81. The van der Waals surface area contributed by atoms with Crippen molar-refractivity contribution in [3.05, 3.63) is 35.9 Å². The second kappa shape index (κ2) is 6.13. The number of rotatable bonds is 3. The van der Waals surface area contributed by atoms with Gasteiger partial charge >= 0.3 is 0 Å². The number of carbonyl (C=O) groups is 1. The number of nitrogens with one attached hydrogen (secondary N) is 1. The number of carbonyl (C=O) groups excluding carboxylic acids is 1. The van der Waals surface area contributed by atoms with Crippen molar-refractivity contribution >= 4 is 5.91 Å². The van der Waals surface area contributed by atoms with Crippen molar-refractivity contribution in [2.45, 2.75) is 32.1 Å². The average Bonchev–Trinajstić information content (AvgIpc) is 3.07. The third kappa shape index (κ3) is 3.22. The van der Waals surface area contributed by atoms with Gasteiger partial charge in [-0.2, -0.15) is 0 Å².